The molecule has 1 aromatic heterocycles. The van der Waals surface area contributed by atoms with E-state index in [1.165, 1.54) is 18.2 Å². The van der Waals surface area contributed by atoms with Gasteiger partial charge in [0, 0.05) is 18.5 Å². The number of furan rings is 1. The van der Waals surface area contributed by atoms with E-state index in [-0.39, 0.29) is 5.91 Å². The van der Waals surface area contributed by atoms with Crippen molar-refractivity contribution in [3.05, 3.63) is 48.2 Å². The van der Waals surface area contributed by atoms with Crippen molar-refractivity contribution in [1.29, 1.82) is 0 Å². The maximum absolute atomic E-state index is 12.7. The Morgan fingerprint density at radius 2 is 1.68 bits per heavy atom. The fraction of sp³-hybridized carbons (Fsp3) is 0.316. The molecule has 1 aliphatic heterocycles. The molecule has 0 saturated carbocycles. The van der Waals surface area contributed by atoms with Gasteiger partial charge in [0.1, 0.15) is 5.58 Å². The van der Waals surface area contributed by atoms with Gasteiger partial charge < -0.3 is 9.32 Å². The van der Waals surface area contributed by atoms with Crippen molar-refractivity contribution in [2.24, 2.45) is 0 Å². The van der Waals surface area contributed by atoms with Crippen molar-refractivity contribution >= 4 is 27.6 Å². The van der Waals surface area contributed by atoms with E-state index in [9.17, 15) is 4.79 Å². The molecule has 4 rings (SSSR count). The highest BCUT2D eigenvalue weighted by Gasteiger charge is 2.21. The van der Waals surface area contributed by atoms with Gasteiger partial charge in [-0.05, 0) is 35.7 Å². The summed E-state index contributed by atoms with van der Waals surface area (Å²) in [6.45, 7) is 1.69. The van der Waals surface area contributed by atoms with Crippen LogP contribution in [0.3, 0.4) is 0 Å². The highest BCUT2D eigenvalue weighted by Crippen LogP contribution is 2.29. The highest BCUT2D eigenvalue weighted by atomic mass is 16.3. The number of fused-ring (bicyclic) bond motifs is 3. The summed E-state index contributed by atoms with van der Waals surface area (Å²) >= 11 is 0. The number of carbonyl (C=O) groups is 1. The molecule has 0 N–H and O–H groups in total. The molecule has 0 atom stereocenters. The second-order valence-corrected chi connectivity index (χ2v) is 6.02. The van der Waals surface area contributed by atoms with Crippen LogP contribution < -0.4 is 0 Å². The fourth-order valence-electron chi connectivity index (χ4n) is 3.33. The van der Waals surface area contributed by atoms with Crippen LogP contribution in [0.25, 0.3) is 21.7 Å². The summed E-state index contributed by atoms with van der Waals surface area (Å²) in [4.78, 5) is 14.6. The predicted octanol–water partition coefficient (Wildman–Crippen LogP) is 4.60. The Kier molecular flexibility index (Phi) is 3.34. The van der Waals surface area contributed by atoms with Gasteiger partial charge in [-0.15, -0.1) is 0 Å². The molecule has 3 heteroatoms. The number of nitrogens with zero attached hydrogens (tertiary/aromatic N) is 1. The van der Waals surface area contributed by atoms with Crippen LogP contribution in [0.4, 0.5) is 0 Å². The van der Waals surface area contributed by atoms with Crippen LogP contribution >= 0.6 is 0 Å². The summed E-state index contributed by atoms with van der Waals surface area (Å²) in [6, 6.07) is 14.1. The summed E-state index contributed by atoms with van der Waals surface area (Å²) in [5.41, 5.74) is 0.789. The molecular weight excluding hydrogens is 274 g/mol. The van der Waals surface area contributed by atoms with Crippen molar-refractivity contribution in [1.82, 2.24) is 4.90 Å². The highest BCUT2D eigenvalue weighted by molar-refractivity contribution is 6.08. The van der Waals surface area contributed by atoms with Gasteiger partial charge in [-0.25, -0.2) is 0 Å². The third-order valence-electron chi connectivity index (χ3n) is 4.53. The van der Waals surface area contributed by atoms with Crippen molar-refractivity contribution in [2.45, 2.75) is 25.7 Å². The summed E-state index contributed by atoms with van der Waals surface area (Å²) in [6.07, 6.45) is 4.62. The lowest BCUT2D eigenvalue weighted by atomic mass is 10.1. The number of hydrogen-bond acceptors (Lipinski definition) is 2. The van der Waals surface area contributed by atoms with E-state index in [1.807, 2.05) is 35.2 Å². The Labute approximate surface area is 129 Å². The predicted molar refractivity (Wildman–Crippen MR) is 88.1 cm³/mol. The first-order valence-electron chi connectivity index (χ1n) is 8.03. The van der Waals surface area contributed by atoms with Gasteiger partial charge in [0.15, 0.2) is 5.76 Å². The maximum Gasteiger partial charge on any atom is 0.289 e. The first-order valence-corrected chi connectivity index (χ1v) is 8.03. The molecule has 0 spiro atoms. The number of benzene rings is 2. The molecule has 1 saturated heterocycles. The maximum atomic E-state index is 12.7. The van der Waals surface area contributed by atoms with Crippen LogP contribution in [0.2, 0.25) is 0 Å². The summed E-state index contributed by atoms with van der Waals surface area (Å²) < 4.78 is 5.84. The molecule has 3 nitrogen and oxygen atoms in total. The Hall–Kier alpha value is -2.29. The minimum atomic E-state index is 0.0298. The van der Waals surface area contributed by atoms with Crippen molar-refractivity contribution < 1.29 is 9.21 Å². The normalized spacial score (nSPS) is 16.1. The van der Waals surface area contributed by atoms with Gasteiger partial charge in [0.05, 0.1) is 0 Å². The lowest BCUT2D eigenvalue weighted by Gasteiger charge is -2.18. The first-order chi connectivity index (χ1) is 10.8. The van der Waals surface area contributed by atoms with Crippen molar-refractivity contribution in [2.75, 3.05) is 13.1 Å². The molecule has 0 unspecified atom stereocenters. The molecule has 1 aliphatic rings. The molecule has 22 heavy (non-hydrogen) atoms. The third-order valence-corrected chi connectivity index (χ3v) is 4.53. The van der Waals surface area contributed by atoms with Gasteiger partial charge in [-0.1, -0.05) is 43.2 Å². The Balaban J connectivity index is 1.75. The van der Waals surface area contributed by atoms with Crippen LogP contribution in [-0.2, 0) is 0 Å². The first kappa shape index (κ1) is 13.4. The molecule has 112 valence electrons. The molecule has 0 radical (unpaired) electrons. The number of hydrogen-bond donors (Lipinski definition) is 0. The van der Waals surface area contributed by atoms with Crippen LogP contribution in [0.15, 0.2) is 46.9 Å². The van der Waals surface area contributed by atoms with Crippen molar-refractivity contribution in [3.8, 4) is 0 Å². The number of amides is 1. The van der Waals surface area contributed by atoms with E-state index >= 15 is 0 Å². The van der Waals surface area contributed by atoms with Gasteiger partial charge in [-0.3, -0.25) is 4.79 Å². The monoisotopic (exact) mass is 293 g/mol. The Morgan fingerprint density at radius 3 is 2.50 bits per heavy atom. The molecule has 1 fully saturated rings. The van der Waals surface area contributed by atoms with Crippen LogP contribution in [-0.4, -0.2) is 23.9 Å². The second-order valence-electron chi connectivity index (χ2n) is 6.02. The van der Waals surface area contributed by atoms with Gasteiger partial charge >= 0.3 is 0 Å². The second kappa shape index (κ2) is 5.48. The molecule has 3 aromatic rings. The minimum absolute atomic E-state index is 0.0298. The smallest absolute Gasteiger partial charge is 0.289 e. The molecular formula is C19H19NO2. The van der Waals surface area contributed by atoms with E-state index < -0.39 is 0 Å². The number of rotatable bonds is 1. The van der Waals surface area contributed by atoms with Crippen LogP contribution in [0.1, 0.15) is 36.2 Å². The van der Waals surface area contributed by atoms with E-state index in [1.54, 1.807) is 0 Å². The third kappa shape index (κ3) is 2.27. The topological polar surface area (TPSA) is 33.5 Å². The lowest BCUT2D eigenvalue weighted by molar-refractivity contribution is 0.0732. The van der Waals surface area contributed by atoms with E-state index in [0.29, 0.717) is 5.76 Å². The van der Waals surface area contributed by atoms with Crippen LogP contribution in [0.5, 0.6) is 0 Å². The molecule has 2 heterocycles. The molecule has 1 amide bonds. The average Bonchev–Trinajstić information content (AvgIpc) is 2.81. The minimum Gasteiger partial charge on any atom is -0.451 e. The molecule has 0 aliphatic carbocycles. The van der Waals surface area contributed by atoms with E-state index in [2.05, 4.69) is 12.1 Å². The zero-order valence-corrected chi connectivity index (χ0v) is 12.5. The molecule has 2 aromatic carbocycles. The lowest BCUT2D eigenvalue weighted by Crippen LogP contribution is -2.31. The van der Waals surface area contributed by atoms with E-state index in [0.717, 1.165) is 42.3 Å². The summed E-state index contributed by atoms with van der Waals surface area (Å²) in [7, 11) is 0. The van der Waals surface area contributed by atoms with Gasteiger partial charge in [0.2, 0.25) is 0 Å². The SMILES string of the molecule is O=C(c1cc2c(ccc3ccccc32)o1)N1CCCCCC1. The Bertz CT molecular complexity index is 826. The van der Waals surface area contributed by atoms with Gasteiger partial charge in [-0.2, -0.15) is 0 Å². The number of carbonyl (C=O) groups excluding carboxylic acids is 1. The summed E-state index contributed by atoms with van der Waals surface area (Å²) in [5, 5.41) is 3.33. The zero-order valence-electron chi connectivity index (χ0n) is 12.5. The number of likely N-dealkylation sites (tertiary alicyclic amines) is 1. The van der Waals surface area contributed by atoms with Gasteiger partial charge in [0.25, 0.3) is 5.91 Å². The molecule has 0 bridgehead atoms. The fourth-order valence-corrected chi connectivity index (χ4v) is 3.33. The largest absolute Gasteiger partial charge is 0.451 e. The van der Waals surface area contributed by atoms with Crippen LogP contribution in [0, 0.1) is 0 Å². The van der Waals surface area contributed by atoms with Crippen molar-refractivity contribution in [3.63, 3.8) is 0 Å². The summed E-state index contributed by atoms with van der Waals surface area (Å²) in [5.74, 6) is 0.496. The Morgan fingerprint density at radius 1 is 0.909 bits per heavy atom. The van der Waals surface area contributed by atoms with E-state index in [4.69, 9.17) is 4.42 Å². The quantitative estimate of drug-likeness (QED) is 0.657. The average molecular weight is 293 g/mol. The zero-order chi connectivity index (χ0) is 14.9. The standard InChI is InChI=1S/C19H19NO2/c21-19(20-11-5-1-2-6-12-20)18-13-16-15-8-4-3-7-14(15)9-10-17(16)22-18/h3-4,7-10,13H,1-2,5-6,11-12H2.